The summed E-state index contributed by atoms with van der Waals surface area (Å²) in [6, 6.07) is 15.9. The van der Waals surface area contributed by atoms with Crippen LogP contribution >= 0.6 is 23.2 Å². The first-order valence-corrected chi connectivity index (χ1v) is 15.4. The Hall–Kier alpha value is -5.45. The van der Waals surface area contributed by atoms with Crippen LogP contribution < -0.4 is 25.7 Å². The number of benzene rings is 3. The molecule has 10 nitrogen and oxygen atoms in total. The summed E-state index contributed by atoms with van der Waals surface area (Å²) in [4.78, 5) is 47.8. The SMILES string of the molecule is C=CC(=O)Cc1ccccc1Nc1ncc2cc(-c3c(Cl)c(OC)cc(OC)c3Cl)c(=O)n(Cc3ccc(NC(=O)C=C)c(C)c3)c2n1. The number of allylic oxidation sites excluding steroid dienone is 1. The molecule has 0 fully saturated rings. The molecule has 0 aliphatic carbocycles. The lowest BCUT2D eigenvalue weighted by Crippen LogP contribution is -2.24. The number of methoxy groups -OCH3 is 2. The lowest BCUT2D eigenvalue weighted by molar-refractivity contribution is -0.114. The van der Waals surface area contributed by atoms with E-state index in [0.717, 1.165) is 16.7 Å². The van der Waals surface area contributed by atoms with Gasteiger partial charge in [0.15, 0.2) is 5.78 Å². The molecular weight excluding hydrogens is 653 g/mol. The number of aromatic nitrogens is 3. The predicted octanol–water partition coefficient (Wildman–Crippen LogP) is 7.30. The highest BCUT2D eigenvalue weighted by Crippen LogP contribution is 2.45. The van der Waals surface area contributed by atoms with Crippen molar-refractivity contribution in [2.24, 2.45) is 0 Å². The Morgan fingerprint density at radius 3 is 2.31 bits per heavy atom. The highest BCUT2D eigenvalue weighted by atomic mass is 35.5. The van der Waals surface area contributed by atoms with E-state index in [1.54, 1.807) is 30.5 Å². The number of rotatable bonds is 12. The largest absolute Gasteiger partial charge is 0.495 e. The van der Waals surface area contributed by atoms with Crippen molar-refractivity contribution in [1.82, 2.24) is 14.5 Å². The van der Waals surface area contributed by atoms with E-state index in [4.69, 9.17) is 37.7 Å². The molecule has 0 atom stereocenters. The van der Waals surface area contributed by atoms with Gasteiger partial charge in [-0.2, -0.15) is 4.98 Å². The summed E-state index contributed by atoms with van der Waals surface area (Å²) in [5, 5.41) is 6.75. The Kier molecular flexibility index (Phi) is 10.3. The number of para-hydroxylation sites is 1. The second-order valence-electron chi connectivity index (χ2n) is 10.7. The summed E-state index contributed by atoms with van der Waals surface area (Å²) in [5.41, 5.74) is 3.81. The van der Waals surface area contributed by atoms with Crippen LogP contribution in [0.3, 0.4) is 0 Å². The zero-order valence-corrected chi connectivity index (χ0v) is 27.9. The number of aryl methyl sites for hydroxylation is 1. The molecule has 1 amide bonds. The monoisotopic (exact) mass is 683 g/mol. The number of pyridine rings is 1. The van der Waals surface area contributed by atoms with Gasteiger partial charge >= 0.3 is 0 Å². The van der Waals surface area contributed by atoms with Gasteiger partial charge in [0.1, 0.15) is 17.1 Å². The summed E-state index contributed by atoms with van der Waals surface area (Å²) < 4.78 is 12.4. The van der Waals surface area contributed by atoms with Crippen LogP contribution in [0.2, 0.25) is 10.0 Å². The summed E-state index contributed by atoms with van der Waals surface area (Å²) in [6.07, 6.45) is 4.19. The maximum Gasteiger partial charge on any atom is 0.260 e. The van der Waals surface area contributed by atoms with E-state index in [2.05, 4.69) is 28.8 Å². The molecule has 244 valence electrons. The number of ketones is 1. The third-order valence-corrected chi connectivity index (χ3v) is 8.35. The molecule has 3 aromatic carbocycles. The highest BCUT2D eigenvalue weighted by Gasteiger charge is 2.24. The number of carbonyl (C=O) groups excluding carboxylic acids is 2. The van der Waals surface area contributed by atoms with E-state index >= 15 is 0 Å². The normalized spacial score (nSPS) is 10.8. The van der Waals surface area contributed by atoms with Gasteiger partial charge < -0.3 is 20.1 Å². The molecule has 0 radical (unpaired) electrons. The number of anilines is 3. The number of fused-ring (bicyclic) bond motifs is 1. The number of halogens is 2. The molecule has 2 heterocycles. The fraction of sp³-hybridized carbons (Fsp3) is 0.139. The molecule has 0 bridgehead atoms. The van der Waals surface area contributed by atoms with Crippen LogP contribution in [0.25, 0.3) is 22.2 Å². The van der Waals surface area contributed by atoms with Crippen molar-refractivity contribution in [3.05, 3.63) is 123 Å². The van der Waals surface area contributed by atoms with Gasteiger partial charge in [0, 0.05) is 41.0 Å². The Morgan fingerprint density at radius 1 is 0.958 bits per heavy atom. The maximum absolute atomic E-state index is 14.5. The van der Waals surface area contributed by atoms with Crippen LogP contribution in [0.5, 0.6) is 11.5 Å². The summed E-state index contributed by atoms with van der Waals surface area (Å²) >= 11 is 13.5. The standard InChI is InChI=1S/C36H31Cl2N5O5/c1-6-24(44)15-22-10-8-9-11-27(22)41-36-39-18-23-16-25(31-32(37)28(47-4)17-29(48-5)33(31)38)35(46)43(34(23)42-36)19-21-12-13-26(20(3)14-21)40-30(45)7-2/h6-14,16-18H,1-2,15,19H2,3-5H3,(H,40,45)(H,39,41,42). The van der Waals surface area contributed by atoms with Gasteiger partial charge in [-0.15, -0.1) is 0 Å². The molecular formula is C36H31Cl2N5O5. The number of nitrogens with one attached hydrogen (secondary N) is 2. The van der Waals surface area contributed by atoms with E-state index in [1.165, 1.54) is 30.9 Å². The molecule has 2 aromatic heterocycles. The van der Waals surface area contributed by atoms with Gasteiger partial charge in [-0.3, -0.25) is 19.0 Å². The number of ether oxygens (including phenoxy) is 2. The second kappa shape index (κ2) is 14.5. The number of carbonyl (C=O) groups is 2. The highest BCUT2D eigenvalue weighted by molar-refractivity contribution is 6.41. The molecule has 0 saturated carbocycles. The summed E-state index contributed by atoms with van der Waals surface area (Å²) in [6.45, 7) is 9.00. The maximum atomic E-state index is 14.5. The van der Waals surface area contributed by atoms with Crippen LogP contribution in [0, 0.1) is 6.92 Å². The van der Waals surface area contributed by atoms with Crippen LogP contribution in [0.1, 0.15) is 16.7 Å². The fourth-order valence-electron chi connectivity index (χ4n) is 5.17. The molecule has 0 spiro atoms. The van der Waals surface area contributed by atoms with Crippen molar-refractivity contribution in [3.63, 3.8) is 0 Å². The number of hydrogen-bond donors (Lipinski definition) is 2. The van der Waals surface area contributed by atoms with Crippen molar-refractivity contribution in [3.8, 4) is 22.6 Å². The van der Waals surface area contributed by atoms with E-state index in [-0.39, 0.29) is 63.3 Å². The number of hydrogen-bond acceptors (Lipinski definition) is 8. The third kappa shape index (κ3) is 6.95. The summed E-state index contributed by atoms with van der Waals surface area (Å²) in [7, 11) is 2.91. The average Bonchev–Trinajstić information content (AvgIpc) is 3.08. The first-order valence-electron chi connectivity index (χ1n) is 14.6. The molecule has 0 saturated heterocycles. The first kappa shape index (κ1) is 33.9. The minimum absolute atomic E-state index is 0.0942. The Labute approximate surface area is 286 Å². The number of nitrogens with zero attached hydrogens (tertiary/aromatic N) is 3. The van der Waals surface area contributed by atoms with Gasteiger partial charge in [-0.05, 0) is 54.0 Å². The molecule has 0 aliphatic rings. The molecule has 48 heavy (non-hydrogen) atoms. The van der Waals surface area contributed by atoms with E-state index in [0.29, 0.717) is 22.4 Å². The zero-order valence-electron chi connectivity index (χ0n) is 26.4. The van der Waals surface area contributed by atoms with E-state index < -0.39 is 5.56 Å². The quantitative estimate of drug-likeness (QED) is 0.131. The van der Waals surface area contributed by atoms with Crippen molar-refractivity contribution >= 4 is 63.2 Å². The third-order valence-electron chi connectivity index (χ3n) is 7.60. The topological polar surface area (TPSA) is 124 Å². The van der Waals surface area contributed by atoms with Crippen molar-refractivity contribution in [1.29, 1.82) is 0 Å². The predicted molar refractivity (Wildman–Crippen MR) is 190 cm³/mol. The fourth-order valence-corrected chi connectivity index (χ4v) is 5.88. The lowest BCUT2D eigenvalue weighted by atomic mass is 10.0. The first-order chi connectivity index (χ1) is 23.1. The zero-order chi connectivity index (χ0) is 34.5. The van der Waals surface area contributed by atoms with Crippen molar-refractivity contribution in [2.45, 2.75) is 19.9 Å². The van der Waals surface area contributed by atoms with Crippen LogP contribution in [0.4, 0.5) is 17.3 Å². The smallest absolute Gasteiger partial charge is 0.260 e. The molecule has 12 heteroatoms. The Balaban J connectivity index is 1.70. The van der Waals surface area contributed by atoms with Crippen LogP contribution in [-0.2, 0) is 22.6 Å². The second-order valence-corrected chi connectivity index (χ2v) is 11.4. The van der Waals surface area contributed by atoms with Gasteiger partial charge in [0.25, 0.3) is 5.56 Å². The van der Waals surface area contributed by atoms with Crippen LogP contribution in [-0.4, -0.2) is 40.4 Å². The molecule has 5 aromatic rings. The Bertz CT molecular complexity index is 2130. The van der Waals surface area contributed by atoms with Crippen LogP contribution in [0.15, 0.2) is 90.9 Å². The van der Waals surface area contributed by atoms with E-state index in [9.17, 15) is 14.4 Å². The van der Waals surface area contributed by atoms with Crippen molar-refractivity contribution < 1.29 is 19.1 Å². The molecule has 0 unspecified atom stereocenters. The molecule has 5 rings (SSSR count). The number of amides is 1. The van der Waals surface area contributed by atoms with Gasteiger partial charge in [-0.25, -0.2) is 4.98 Å². The van der Waals surface area contributed by atoms with Gasteiger partial charge in [-0.1, -0.05) is 66.7 Å². The average molecular weight is 685 g/mol. The Morgan fingerprint density at radius 2 is 1.67 bits per heavy atom. The minimum Gasteiger partial charge on any atom is -0.495 e. The van der Waals surface area contributed by atoms with Gasteiger partial charge in [0.2, 0.25) is 11.9 Å². The lowest BCUT2D eigenvalue weighted by Gasteiger charge is -2.18. The minimum atomic E-state index is -0.440. The summed E-state index contributed by atoms with van der Waals surface area (Å²) in [5.74, 6) is 0.282. The van der Waals surface area contributed by atoms with Gasteiger partial charge in [0.05, 0.1) is 36.4 Å². The molecule has 0 aliphatic heterocycles. The molecule has 2 N–H and O–H groups in total. The van der Waals surface area contributed by atoms with Crippen molar-refractivity contribution in [2.75, 3.05) is 24.9 Å². The van der Waals surface area contributed by atoms with E-state index in [1.807, 2.05) is 37.3 Å².